The van der Waals surface area contributed by atoms with Gasteiger partial charge < -0.3 is 19.4 Å². The molecule has 0 fully saturated rings. The Bertz CT molecular complexity index is 1840. The Balaban J connectivity index is 5.06. The molecule has 0 aromatic heterocycles. The van der Waals surface area contributed by atoms with Gasteiger partial charge in [-0.25, -0.2) is 4.57 Å². The summed E-state index contributed by atoms with van der Waals surface area (Å²) in [6, 6.07) is -0.858. The Labute approximate surface area is 551 Å². The van der Waals surface area contributed by atoms with Crippen LogP contribution in [0.5, 0.6) is 0 Å². The largest absolute Gasteiger partial charge is 0.472 e. The quantitative estimate of drug-likeness (QED) is 0.0205. The summed E-state index contributed by atoms with van der Waals surface area (Å²) in [6.45, 7) is 6.99. The van der Waals surface area contributed by atoms with Gasteiger partial charge in [-0.2, -0.15) is 0 Å². The second-order valence-corrected chi connectivity index (χ2v) is 27.9. The first-order valence-corrected chi connectivity index (χ1v) is 39.1. The van der Waals surface area contributed by atoms with Crippen LogP contribution in [0, 0.1) is 0 Å². The molecule has 0 spiro atoms. The predicted molar refractivity (Wildman–Crippen MR) is 387 cm³/mol. The van der Waals surface area contributed by atoms with Crippen molar-refractivity contribution in [3.8, 4) is 0 Å². The third kappa shape index (κ3) is 69.1. The maximum atomic E-state index is 13.7. The van der Waals surface area contributed by atoms with E-state index in [2.05, 4.69) is 111 Å². The van der Waals surface area contributed by atoms with E-state index in [0.29, 0.717) is 17.4 Å². The number of esters is 1. The zero-order chi connectivity index (χ0) is 64.9. The number of rotatable bonds is 68. The third-order valence-electron chi connectivity index (χ3n) is 16.5. The van der Waals surface area contributed by atoms with Crippen molar-refractivity contribution in [3.05, 3.63) is 97.2 Å². The molecule has 0 saturated heterocycles. The van der Waals surface area contributed by atoms with E-state index in [1.807, 2.05) is 33.3 Å². The van der Waals surface area contributed by atoms with Crippen LogP contribution in [0.25, 0.3) is 0 Å². The molecule has 3 atom stereocenters. The van der Waals surface area contributed by atoms with Gasteiger partial charge in [0, 0.05) is 12.8 Å². The minimum Gasteiger partial charge on any atom is -0.456 e. The highest BCUT2D eigenvalue weighted by atomic mass is 31.2. The van der Waals surface area contributed by atoms with Crippen LogP contribution in [-0.4, -0.2) is 74.3 Å². The number of nitrogens with one attached hydrogen (secondary N) is 1. The van der Waals surface area contributed by atoms with E-state index in [0.717, 1.165) is 89.9 Å². The van der Waals surface area contributed by atoms with Crippen molar-refractivity contribution in [2.45, 2.75) is 354 Å². The van der Waals surface area contributed by atoms with Gasteiger partial charge in [0.15, 0.2) is 0 Å². The summed E-state index contributed by atoms with van der Waals surface area (Å²) < 4.78 is 30.9. The van der Waals surface area contributed by atoms with Gasteiger partial charge in [-0.1, -0.05) is 311 Å². The van der Waals surface area contributed by atoms with Gasteiger partial charge in [0.25, 0.3) is 0 Å². The molecule has 0 aliphatic carbocycles. The maximum absolute atomic E-state index is 13.7. The second-order valence-electron chi connectivity index (χ2n) is 26.5. The summed E-state index contributed by atoms with van der Waals surface area (Å²) in [4.78, 5) is 38.0. The Morgan fingerprint density at radius 1 is 0.393 bits per heavy atom. The van der Waals surface area contributed by atoms with Crippen molar-refractivity contribution in [2.24, 2.45) is 0 Å². The molecule has 2 N–H and O–H groups in total. The number of unbranched alkanes of at least 4 members (excludes halogenated alkanes) is 38. The molecule has 0 radical (unpaired) electrons. The third-order valence-corrected chi connectivity index (χ3v) is 17.5. The van der Waals surface area contributed by atoms with Gasteiger partial charge in [-0.3, -0.25) is 18.6 Å². The lowest BCUT2D eigenvalue weighted by atomic mass is 10.0. The fraction of sp³-hybridized carbons (Fsp3) is 0.772. The first-order valence-electron chi connectivity index (χ1n) is 37.6. The van der Waals surface area contributed by atoms with Crippen molar-refractivity contribution in [1.29, 1.82) is 0 Å². The molecule has 0 aliphatic heterocycles. The van der Waals surface area contributed by atoms with Gasteiger partial charge in [-0.05, 0) is 115 Å². The molecule has 89 heavy (non-hydrogen) atoms. The van der Waals surface area contributed by atoms with Gasteiger partial charge in [0.2, 0.25) is 5.91 Å². The number of nitrogens with zero attached hydrogens (tertiary/aromatic N) is 1. The average Bonchev–Trinajstić information content (AvgIpc) is 3.65. The first-order chi connectivity index (χ1) is 43.4. The summed E-state index contributed by atoms with van der Waals surface area (Å²) in [5.41, 5.74) is 0. The fourth-order valence-electron chi connectivity index (χ4n) is 10.7. The Kier molecular flexibility index (Phi) is 65.5. The topological polar surface area (TPSA) is 111 Å². The van der Waals surface area contributed by atoms with Crippen molar-refractivity contribution in [1.82, 2.24) is 5.32 Å². The standard InChI is InChI=1S/C79H143N2O7P/c1-7-10-13-16-19-22-25-28-30-32-34-36-38-39-40-41-43-44-46-48-50-53-56-59-62-65-68-71-78(82)80-76(75-87-89(84,85)86-74-73-81(4,5)6)77(70-67-64-61-58-55-52-27-24-21-18-15-12-9-3)88-79(83)72-69-66-63-60-57-54-51-49-47-45-42-37-35-33-31-29-26-23-20-17-14-11-8-2/h19-20,22-23,28-31,34-37,39-40,67,70,76-77H,7-18,21,24-27,32-33,38,41-66,68-69,71-75H2,1-6H3,(H-,80,82,84,85)/p+1/b22-19-,23-20-,30-28-,31-29-,36-34-,37-35-,40-39-,70-67-. The molecular weight excluding hydrogens is 1120 g/mol. The van der Waals surface area contributed by atoms with Crippen LogP contribution in [0.1, 0.15) is 342 Å². The fourth-order valence-corrected chi connectivity index (χ4v) is 11.4. The number of phosphoric ester groups is 1. The minimum atomic E-state index is -4.46. The van der Waals surface area contributed by atoms with E-state index in [9.17, 15) is 19.0 Å². The van der Waals surface area contributed by atoms with Crippen molar-refractivity contribution < 1.29 is 37.3 Å². The molecule has 0 aliphatic rings. The van der Waals surface area contributed by atoms with E-state index in [1.54, 1.807) is 0 Å². The molecule has 0 heterocycles. The van der Waals surface area contributed by atoms with E-state index in [-0.39, 0.29) is 31.5 Å². The summed E-state index contributed by atoms with van der Waals surface area (Å²) in [5, 5.41) is 3.08. The summed E-state index contributed by atoms with van der Waals surface area (Å²) in [7, 11) is 1.49. The first kappa shape index (κ1) is 85.9. The van der Waals surface area contributed by atoms with Gasteiger partial charge in [-0.15, -0.1) is 0 Å². The molecule has 10 heteroatoms. The second kappa shape index (κ2) is 67.8. The van der Waals surface area contributed by atoms with E-state index < -0.39 is 20.0 Å². The molecule has 0 bridgehead atoms. The monoisotopic (exact) mass is 1260 g/mol. The van der Waals surface area contributed by atoms with Crippen LogP contribution in [0.3, 0.4) is 0 Å². The SMILES string of the molecule is CCCCC/C=C\C/C=C\C/C=C\C/C=C\CCCCCCCCCCCCCC(=O)NC(COP(=O)(O)OCC[N+](C)(C)C)C(/C=C\CCCCCCCCCCCCC)OC(=O)CCCCCCCCCCCC/C=C\C/C=C\C/C=C\CCCCC. The van der Waals surface area contributed by atoms with Crippen LogP contribution in [0.2, 0.25) is 0 Å². The van der Waals surface area contributed by atoms with Crippen molar-refractivity contribution >= 4 is 19.7 Å². The highest BCUT2D eigenvalue weighted by Gasteiger charge is 2.30. The molecule has 1 amide bonds. The number of phosphoric acid groups is 1. The van der Waals surface area contributed by atoms with E-state index >= 15 is 0 Å². The number of amides is 1. The molecule has 0 rings (SSSR count). The highest BCUT2D eigenvalue weighted by molar-refractivity contribution is 7.47. The number of hydrogen-bond donors (Lipinski definition) is 2. The molecule has 0 aromatic rings. The number of carbonyl (C=O) groups excluding carboxylic acids is 2. The molecule has 3 unspecified atom stereocenters. The number of ether oxygens (including phenoxy) is 1. The Hall–Kier alpha value is -3.07. The maximum Gasteiger partial charge on any atom is 0.472 e. The predicted octanol–water partition coefficient (Wildman–Crippen LogP) is 24.2. The van der Waals surface area contributed by atoms with Crippen molar-refractivity contribution in [2.75, 3.05) is 40.9 Å². The highest BCUT2D eigenvalue weighted by Crippen LogP contribution is 2.43. The smallest absolute Gasteiger partial charge is 0.456 e. The number of hydrogen-bond acceptors (Lipinski definition) is 6. The molecule has 516 valence electrons. The van der Waals surface area contributed by atoms with Crippen LogP contribution in [-0.2, 0) is 27.9 Å². The van der Waals surface area contributed by atoms with Crippen LogP contribution in [0.4, 0.5) is 0 Å². The van der Waals surface area contributed by atoms with Crippen LogP contribution in [0.15, 0.2) is 97.2 Å². The number of likely N-dealkylation sites (N-methyl/N-ethyl adjacent to an activating group) is 1. The molecular formula is C79H144N2O7P+. The summed E-state index contributed by atoms with van der Waals surface area (Å²) in [5.74, 6) is -0.506. The number of allylic oxidation sites excluding steroid dienone is 15. The molecule has 0 saturated carbocycles. The normalized spacial score (nSPS) is 14.0. The van der Waals surface area contributed by atoms with Crippen LogP contribution < -0.4 is 5.32 Å². The lowest BCUT2D eigenvalue weighted by molar-refractivity contribution is -0.870. The molecule has 9 nitrogen and oxygen atoms in total. The van der Waals surface area contributed by atoms with Crippen molar-refractivity contribution in [3.63, 3.8) is 0 Å². The Morgan fingerprint density at radius 2 is 0.685 bits per heavy atom. The van der Waals surface area contributed by atoms with Crippen LogP contribution >= 0.6 is 7.82 Å². The Morgan fingerprint density at radius 3 is 1.04 bits per heavy atom. The minimum absolute atomic E-state index is 0.0359. The van der Waals surface area contributed by atoms with E-state index in [4.69, 9.17) is 13.8 Å². The van der Waals surface area contributed by atoms with Gasteiger partial charge >= 0.3 is 13.8 Å². The zero-order valence-corrected chi connectivity index (χ0v) is 60.1. The lowest BCUT2D eigenvalue weighted by Gasteiger charge is -2.27. The summed E-state index contributed by atoms with van der Waals surface area (Å²) in [6.07, 6.45) is 92.7. The number of carbonyl (C=O) groups is 2. The average molecular weight is 1270 g/mol. The van der Waals surface area contributed by atoms with Gasteiger partial charge in [0.05, 0.1) is 33.8 Å². The molecule has 0 aromatic carbocycles. The number of quaternary nitrogens is 1. The summed E-state index contributed by atoms with van der Waals surface area (Å²) >= 11 is 0. The van der Waals surface area contributed by atoms with Gasteiger partial charge in [0.1, 0.15) is 19.3 Å². The lowest BCUT2D eigenvalue weighted by Crippen LogP contribution is -2.47. The zero-order valence-electron chi connectivity index (χ0n) is 59.2. The van der Waals surface area contributed by atoms with E-state index in [1.165, 1.54) is 218 Å².